The molecule has 0 aliphatic carbocycles. The molecule has 9 heteroatoms. The van der Waals surface area contributed by atoms with Gasteiger partial charge in [0.25, 0.3) is 0 Å². The molecule has 31 heavy (non-hydrogen) atoms. The van der Waals surface area contributed by atoms with Gasteiger partial charge in [-0.05, 0) is 29.9 Å². The smallest absolute Gasteiger partial charge is 0.230 e. The Bertz CT molecular complexity index is 1010. The quantitative estimate of drug-likeness (QED) is 0.553. The Balaban J connectivity index is 1.40. The SMILES string of the molecule is CC(=O)N1CCC(NC(=O)CSc2nnc(-c3cccs3)n2Cc2ccccc2)CC1. The highest BCUT2D eigenvalue weighted by Gasteiger charge is 2.22. The Kier molecular flexibility index (Phi) is 7.03. The number of nitrogens with zero attached hydrogens (tertiary/aromatic N) is 4. The molecule has 0 spiro atoms. The highest BCUT2D eigenvalue weighted by molar-refractivity contribution is 7.99. The van der Waals surface area contributed by atoms with E-state index in [0.717, 1.165) is 34.3 Å². The first-order valence-corrected chi connectivity index (χ1v) is 12.2. The molecule has 7 nitrogen and oxygen atoms in total. The molecule has 0 saturated carbocycles. The van der Waals surface area contributed by atoms with Gasteiger partial charge in [0.15, 0.2) is 11.0 Å². The minimum atomic E-state index is -0.0155. The predicted molar refractivity (Wildman–Crippen MR) is 123 cm³/mol. The lowest BCUT2D eigenvalue weighted by Crippen LogP contribution is -2.46. The molecule has 0 bridgehead atoms. The average Bonchev–Trinajstić information content (AvgIpc) is 3.43. The van der Waals surface area contributed by atoms with Crippen LogP contribution in [0.2, 0.25) is 0 Å². The van der Waals surface area contributed by atoms with Crippen LogP contribution in [0.1, 0.15) is 25.3 Å². The van der Waals surface area contributed by atoms with Crippen molar-refractivity contribution >= 4 is 34.9 Å². The summed E-state index contributed by atoms with van der Waals surface area (Å²) in [5.41, 5.74) is 1.16. The number of amides is 2. The summed E-state index contributed by atoms with van der Waals surface area (Å²) in [6.07, 6.45) is 1.59. The maximum atomic E-state index is 12.5. The summed E-state index contributed by atoms with van der Waals surface area (Å²) in [7, 11) is 0. The zero-order valence-electron chi connectivity index (χ0n) is 17.4. The van der Waals surface area contributed by atoms with Gasteiger partial charge < -0.3 is 10.2 Å². The number of likely N-dealkylation sites (tertiary alicyclic amines) is 1. The molecule has 1 aliphatic heterocycles. The lowest BCUT2D eigenvalue weighted by Gasteiger charge is -2.31. The fourth-order valence-electron chi connectivity index (χ4n) is 3.63. The van der Waals surface area contributed by atoms with E-state index in [-0.39, 0.29) is 23.6 Å². The molecule has 1 aliphatic rings. The standard InChI is InChI=1S/C22H25N5O2S2/c1-16(28)26-11-9-18(10-12-26)23-20(29)15-31-22-25-24-21(19-8-5-13-30-19)27(22)14-17-6-3-2-4-7-17/h2-8,13,18H,9-12,14-15H2,1H3,(H,23,29). The number of carbonyl (C=O) groups excluding carboxylic acids is 2. The number of hydrogen-bond acceptors (Lipinski definition) is 6. The van der Waals surface area contributed by atoms with Crippen molar-refractivity contribution in [1.82, 2.24) is 25.0 Å². The first-order valence-electron chi connectivity index (χ1n) is 10.3. The molecule has 1 fully saturated rings. The largest absolute Gasteiger partial charge is 0.353 e. The lowest BCUT2D eigenvalue weighted by atomic mass is 10.1. The van der Waals surface area contributed by atoms with Gasteiger partial charge >= 0.3 is 0 Å². The minimum Gasteiger partial charge on any atom is -0.353 e. The van der Waals surface area contributed by atoms with E-state index in [1.807, 2.05) is 40.6 Å². The van der Waals surface area contributed by atoms with E-state index in [1.54, 1.807) is 18.3 Å². The normalized spacial score (nSPS) is 14.5. The van der Waals surface area contributed by atoms with Crippen LogP contribution in [0.4, 0.5) is 0 Å². The van der Waals surface area contributed by atoms with E-state index in [0.29, 0.717) is 19.6 Å². The number of thiophene rings is 1. The van der Waals surface area contributed by atoms with E-state index in [1.165, 1.54) is 11.8 Å². The van der Waals surface area contributed by atoms with Gasteiger partial charge in [-0.1, -0.05) is 48.2 Å². The molecular weight excluding hydrogens is 430 g/mol. The zero-order valence-corrected chi connectivity index (χ0v) is 19.0. The Labute approximate surface area is 189 Å². The van der Waals surface area contributed by atoms with Crippen molar-refractivity contribution in [1.29, 1.82) is 0 Å². The molecule has 2 amide bonds. The highest BCUT2D eigenvalue weighted by Crippen LogP contribution is 2.28. The molecule has 0 unspecified atom stereocenters. The van der Waals surface area contributed by atoms with Gasteiger partial charge in [-0.2, -0.15) is 0 Å². The van der Waals surface area contributed by atoms with Crippen molar-refractivity contribution in [3.05, 3.63) is 53.4 Å². The lowest BCUT2D eigenvalue weighted by molar-refractivity contribution is -0.130. The number of aromatic nitrogens is 3. The number of rotatable bonds is 7. The molecule has 0 radical (unpaired) electrons. The second-order valence-corrected chi connectivity index (χ2v) is 9.38. The summed E-state index contributed by atoms with van der Waals surface area (Å²) in [6.45, 7) is 3.63. The van der Waals surface area contributed by atoms with Crippen molar-refractivity contribution in [3.63, 3.8) is 0 Å². The summed E-state index contributed by atoms with van der Waals surface area (Å²) < 4.78 is 2.07. The summed E-state index contributed by atoms with van der Waals surface area (Å²) >= 11 is 3.03. The molecule has 1 aromatic carbocycles. The van der Waals surface area contributed by atoms with Gasteiger partial charge in [0.1, 0.15) is 0 Å². The Morgan fingerprint density at radius 3 is 2.58 bits per heavy atom. The third-order valence-electron chi connectivity index (χ3n) is 5.28. The van der Waals surface area contributed by atoms with E-state index < -0.39 is 0 Å². The minimum absolute atomic E-state index is 0.0155. The van der Waals surface area contributed by atoms with Crippen LogP contribution >= 0.6 is 23.1 Å². The third-order valence-corrected chi connectivity index (χ3v) is 7.11. The van der Waals surface area contributed by atoms with Crippen molar-refractivity contribution in [2.45, 2.75) is 37.5 Å². The van der Waals surface area contributed by atoms with Crippen molar-refractivity contribution < 1.29 is 9.59 Å². The molecule has 3 aromatic rings. The number of benzene rings is 1. The Hall–Kier alpha value is -2.65. The fourth-order valence-corrected chi connectivity index (χ4v) is 5.10. The number of nitrogens with one attached hydrogen (secondary N) is 1. The van der Waals surface area contributed by atoms with E-state index in [9.17, 15) is 9.59 Å². The second-order valence-electron chi connectivity index (χ2n) is 7.49. The highest BCUT2D eigenvalue weighted by atomic mass is 32.2. The van der Waals surface area contributed by atoms with Gasteiger partial charge in [0.05, 0.1) is 17.2 Å². The van der Waals surface area contributed by atoms with Gasteiger partial charge in [-0.15, -0.1) is 21.5 Å². The molecule has 0 atom stereocenters. The van der Waals surface area contributed by atoms with E-state index in [2.05, 4.69) is 32.2 Å². The number of hydrogen-bond donors (Lipinski definition) is 1. The monoisotopic (exact) mass is 455 g/mol. The molecule has 1 N–H and O–H groups in total. The van der Waals surface area contributed by atoms with Crippen LogP contribution in [-0.2, 0) is 16.1 Å². The molecule has 3 heterocycles. The summed E-state index contributed by atoms with van der Waals surface area (Å²) in [4.78, 5) is 26.9. The van der Waals surface area contributed by atoms with Crippen LogP contribution < -0.4 is 5.32 Å². The molecule has 162 valence electrons. The maximum Gasteiger partial charge on any atom is 0.230 e. The van der Waals surface area contributed by atoms with Crippen LogP contribution in [0, 0.1) is 0 Å². The number of piperidine rings is 1. The first-order chi connectivity index (χ1) is 15.1. The first kappa shape index (κ1) is 21.6. The van der Waals surface area contributed by atoms with Crippen molar-refractivity contribution in [2.75, 3.05) is 18.8 Å². The van der Waals surface area contributed by atoms with Gasteiger partial charge in [-0.25, -0.2) is 0 Å². The fraction of sp³-hybridized carbons (Fsp3) is 0.364. The van der Waals surface area contributed by atoms with Crippen molar-refractivity contribution in [2.24, 2.45) is 0 Å². The van der Waals surface area contributed by atoms with Gasteiger partial charge in [0, 0.05) is 26.1 Å². The number of carbonyl (C=O) groups is 2. The van der Waals surface area contributed by atoms with Crippen LogP contribution in [0.15, 0.2) is 53.0 Å². The summed E-state index contributed by atoms with van der Waals surface area (Å²) in [5.74, 6) is 1.18. The zero-order chi connectivity index (χ0) is 21.6. The second kappa shape index (κ2) is 10.1. The van der Waals surface area contributed by atoms with E-state index in [4.69, 9.17) is 0 Å². The molecular formula is C22H25N5O2S2. The van der Waals surface area contributed by atoms with Gasteiger partial charge in [0.2, 0.25) is 11.8 Å². The maximum absolute atomic E-state index is 12.5. The van der Waals surface area contributed by atoms with Gasteiger partial charge in [-0.3, -0.25) is 14.2 Å². The van der Waals surface area contributed by atoms with Crippen LogP contribution in [-0.4, -0.2) is 56.4 Å². The van der Waals surface area contributed by atoms with Crippen LogP contribution in [0.25, 0.3) is 10.7 Å². The number of thioether (sulfide) groups is 1. The van der Waals surface area contributed by atoms with Crippen LogP contribution in [0.3, 0.4) is 0 Å². The Morgan fingerprint density at radius 1 is 1.13 bits per heavy atom. The topological polar surface area (TPSA) is 80.1 Å². The summed E-state index contributed by atoms with van der Waals surface area (Å²) in [5, 5.41) is 14.6. The average molecular weight is 456 g/mol. The Morgan fingerprint density at radius 2 is 1.90 bits per heavy atom. The van der Waals surface area contributed by atoms with Crippen molar-refractivity contribution in [3.8, 4) is 10.7 Å². The molecule has 4 rings (SSSR count). The summed E-state index contributed by atoms with van der Waals surface area (Å²) in [6, 6.07) is 14.3. The predicted octanol–water partition coefficient (Wildman–Crippen LogP) is 3.27. The third kappa shape index (κ3) is 5.54. The van der Waals surface area contributed by atoms with Crippen LogP contribution in [0.5, 0.6) is 0 Å². The van der Waals surface area contributed by atoms with E-state index >= 15 is 0 Å². The molecule has 1 saturated heterocycles. The molecule has 2 aromatic heterocycles.